The lowest BCUT2D eigenvalue weighted by molar-refractivity contribution is 0.0997. The Morgan fingerprint density at radius 3 is 2.33 bits per heavy atom. The Labute approximate surface area is 317 Å². The van der Waals surface area contributed by atoms with Crippen LogP contribution < -0.4 is 25.5 Å². The van der Waals surface area contributed by atoms with E-state index in [1.807, 2.05) is 47.4 Å². The summed E-state index contributed by atoms with van der Waals surface area (Å²) in [5.74, 6) is -0.814. The van der Waals surface area contributed by atoms with Gasteiger partial charge in [-0.1, -0.05) is 36.4 Å². The van der Waals surface area contributed by atoms with Crippen LogP contribution >= 0.6 is 0 Å². The van der Waals surface area contributed by atoms with Crippen LogP contribution in [0.1, 0.15) is 44.5 Å². The topological polar surface area (TPSA) is 141 Å². The number of aromatic nitrogens is 3. The van der Waals surface area contributed by atoms with E-state index in [1.165, 1.54) is 31.9 Å². The standard InChI is InChI=1S/C43H40N6O6/c1-4-49-36-16-13-29(20-31(36)25-45-49)26-48(27-30-8-7-18-44-24-30)19-17-28-11-14-32(15-12-28)46-42(51)34-21-39(53-2)40(54-3)22-35(34)47-43(52)41-23-37(50)33-9-5-6-10-38(33)55-41/h5-16,18,20-25H,4,17,19,26-27H2,1-3H3,(H,46,51)(H,47,52). The molecular weight excluding hydrogens is 697 g/mol. The molecule has 0 aliphatic rings. The first-order chi connectivity index (χ1) is 26.8. The fourth-order valence-electron chi connectivity index (χ4n) is 6.52. The summed E-state index contributed by atoms with van der Waals surface area (Å²) in [4.78, 5) is 46.5. The Morgan fingerprint density at radius 2 is 1.56 bits per heavy atom. The van der Waals surface area contributed by atoms with Gasteiger partial charge in [-0.05, 0) is 78.6 Å². The number of anilines is 2. The van der Waals surface area contributed by atoms with Gasteiger partial charge in [0.25, 0.3) is 11.8 Å². The van der Waals surface area contributed by atoms with Gasteiger partial charge in [-0.25, -0.2) is 0 Å². The molecule has 0 spiro atoms. The minimum absolute atomic E-state index is 0.115. The molecule has 2 amide bonds. The molecule has 0 aliphatic heterocycles. The third-order valence-corrected chi connectivity index (χ3v) is 9.34. The van der Waals surface area contributed by atoms with Gasteiger partial charge in [0.05, 0.1) is 42.6 Å². The second-order valence-corrected chi connectivity index (χ2v) is 13.0. The number of ether oxygens (including phenoxy) is 2. The summed E-state index contributed by atoms with van der Waals surface area (Å²) in [6.45, 7) is 5.20. The maximum absolute atomic E-state index is 13.7. The predicted molar refractivity (Wildman–Crippen MR) is 212 cm³/mol. The highest BCUT2D eigenvalue weighted by Crippen LogP contribution is 2.34. The maximum atomic E-state index is 13.7. The van der Waals surface area contributed by atoms with E-state index in [0.29, 0.717) is 22.6 Å². The molecule has 0 saturated carbocycles. The molecule has 3 aromatic heterocycles. The number of amides is 2. The molecule has 0 aliphatic carbocycles. The zero-order chi connectivity index (χ0) is 38.3. The van der Waals surface area contributed by atoms with Crippen molar-refractivity contribution < 1.29 is 23.5 Å². The summed E-state index contributed by atoms with van der Waals surface area (Å²) in [6, 6.07) is 29.0. The van der Waals surface area contributed by atoms with Gasteiger partial charge in [0.1, 0.15) is 5.58 Å². The minimum atomic E-state index is -0.709. The van der Waals surface area contributed by atoms with Crippen molar-refractivity contribution in [1.82, 2.24) is 19.7 Å². The zero-order valence-corrected chi connectivity index (χ0v) is 30.7. The van der Waals surface area contributed by atoms with Crippen molar-refractivity contribution in [2.75, 3.05) is 31.4 Å². The summed E-state index contributed by atoms with van der Waals surface area (Å²) < 4.78 is 18.6. The van der Waals surface area contributed by atoms with Crippen LogP contribution in [0.4, 0.5) is 11.4 Å². The summed E-state index contributed by atoms with van der Waals surface area (Å²) in [5, 5.41) is 11.6. The van der Waals surface area contributed by atoms with E-state index in [1.54, 1.807) is 30.5 Å². The first-order valence-corrected chi connectivity index (χ1v) is 17.9. The SMILES string of the molecule is CCn1ncc2cc(CN(CCc3ccc(NC(=O)c4cc(OC)c(OC)cc4NC(=O)c4cc(=O)c5ccccc5o4)cc3)Cc3cccnc3)ccc21. The number of nitrogens with one attached hydrogen (secondary N) is 2. The lowest BCUT2D eigenvalue weighted by Gasteiger charge is -2.23. The van der Waals surface area contributed by atoms with Crippen LogP contribution in [0.5, 0.6) is 11.5 Å². The third-order valence-electron chi connectivity index (χ3n) is 9.34. The quantitative estimate of drug-likeness (QED) is 0.118. The number of pyridine rings is 1. The number of carbonyl (C=O) groups is 2. The first-order valence-electron chi connectivity index (χ1n) is 17.9. The molecule has 55 heavy (non-hydrogen) atoms. The van der Waals surface area contributed by atoms with Crippen LogP contribution in [0.15, 0.2) is 125 Å². The number of aryl methyl sites for hydroxylation is 1. The molecule has 7 rings (SSSR count). The minimum Gasteiger partial charge on any atom is -0.493 e. The molecule has 0 atom stereocenters. The highest BCUT2D eigenvalue weighted by atomic mass is 16.5. The van der Waals surface area contributed by atoms with Gasteiger partial charge in [0.2, 0.25) is 0 Å². The second-order valence-electron chi connectivity index (χ2n) is 13.0. The number of fused-ring (bicyclic) bond motifs is 2. The van der Waals surface area contributed by atoms with Crippen molar-refractivity contribution in [1.29, 1.82) is 0 Å². The molecule has 0 saturated heterocycles. The lowest BCUT2D eigenvalue weighted by Crippen LogP contribution is -2.25. The molecule has 278 valence electrons. The summed E-state index contributed by atoms with van der Waals surface area (Å²) in [5.41, 5.74) is 5.29. The maximum Gasteiger partial charge on any atom is 0.291 e. The van der Waals surface area contributed by atoms with Gasteiger partial charge in [-0.2, -0.15) is 5.10 Å². The number of hydrogen-bond donors (Lipinski definition) is 2. The summed E-state index contributed by atoms with van der Waals surface area (Å²) in [6.07, 6.45) is 6.38. The number of benzene rings is 4. The molecule has 0 bridgehead atoms. The number of rotatable bonds is 14. The summed E-state index contributed by atoms with van der Waals surface area (Å²) >= 11 is 0. The average molecular weight is 737 g/mol. The third kappa shape index (κ3) is 8.40. The van der Waals surface area contributed by atoms with Crippen LogP contribution in [-0.4, -0.2) is 52.2 Å². The Hall–Kier alpha value is -6.79. The number of methoxy groups -OCH3 is 2. The number of nitrogens with zero attached hydrogens (tertiary/aromatic N) is 4. The van der Waals surface area contributed by atoms with Crippen molar-refractivity contribution in [2.24, 2.45) is 0 Å². The molecule has 0 fully saturated rings. The van der Waals surface area contributed by atoms with Crippen molar-refractivity contribution in [3.05, 3.63) is 154 Å². The van der Waals surface area contributed by atoms with Crippen LogP contribution in [0.2, 0.25) is 0 Å². The van der Waals surface area contributed by atoms with E-state index >= 15 is 0 Å². The van der Waals surface area contributed by atoms with Crippen molar-refractivity contribution in [3.8, 4) is 11.5 Å². The van der Waals surface area contributed by atoms with E-state index in [4.69, 9.17) is 13.9 Å². The van der Waals surface area contributed by atoms with Gasteiger partial charge in [-0.3, -0.25) is 28.9 Å². The van der Waals surface area contributed by atoms with Crippen LogP contribution in [0, 0.1) is 0 Å². The van der Waals surface area contributed by atoms with Crippen LogP contribution in [0.25, 0.3) is 21.9 Å². The fourth-order valence-corrected chi connectivity index (χ4v) is 6.52. The van der Waals surface area contributed by atoms with Gasteiger partial charge >= 0.3 is 0 Å². The molecular formula is C43H40N6O6. The van der Waals surface area contributed by atoms with Crippen molar-refractivity contribution in [3.63, 3.8) is 0 Å². The zero-order valence-electron chi connectivity index (χ0n) is 30.7. The van der Waals surface area contributed by atoms with Gasteiger partial charge < -0.3 is 24.5 Å². The Kier molecular flexibility index (Phi) is 11.0. The monoisotopic (exact) mass is 736 g/mol. The fraction of sp³-hybridized carbons (Fsp3) is 0.186. The van der Waals surface area contributed by atoms with Gasteiger partial charge in [0.15, 0.2) is 22.7 Å². The van der Waals surface area contributed by atoms with Gasteiger partial charge in [0, 0.05) is 61.8 Å². The normalized spacial score (nSPS) is 11.2. The Morgan fingerprint density at radius 1 is 0.800 bits per heavy atom. The predicted octanol–water partition coefficient (Wildman–Crippen LogP) is 7.32. The lowest BCUT2D eigenvalue weighted by atomic mass is 10.1. The number of para-hydroxylation sites is 1. The molecule has 3 heterocycles. The van der Waals surface area contributed by atoms with Crippen molar-refractivity contribution in [2.45, 2.75) is 33.0 Å². The Bertz CT molecular complexity index is 2530. The molecule has 4 aromatic carbocycles. The smallest absolute Gasteiger partial charge is 0.291 e. The largest absolute Gasteiger partial charge is 0.493 e. The van der Waals surface area contributed by atoms with E-state index in [-0.39, 0.29) is 28.0 Å². The first kappa shape index (κ1) is 36.6. The molecule has 0 radical (unpaired) electrons. The summed E-state index contributed by atoms with van der Waals surface area (Å²) in [7, 11) is 2.91. The molecule has 7 aromatic rings. The van der Waals surface area contributed by atoms with Crippen molar-refractivity contribution >= 4 is 45.1 Å². The Balaban J connectivity index is 1.05. The number of hydrogen-bond acceptors (Lipinski definition) is 9. The van der Waals surface area contributed by atoms with Crippen LogP contribution in [0.3, 0.4) is 0 Å². The van der Waals surface area contributed by atoms with E-state index in [9.17, 15) is 14.4 Å². The van der Waals surface area contributed by atoms with Gasteiger partial charge in [-0.15, -0.1) is 0 Å². The van der Waals surface area contributed by atoms with E-state index in [0.717, 1.165) is 60.7 Å². The van der Waals surface area contributed by atoms with Crippen LogP contribution in [-0.2, 0) is 26.1 Å². The highest BCUT2D eigenvalue weighted by molar-refractivity contribution is 6.12. The second kappa shape index (κ2) is 16.5. The molecule has 12 heteroatoms. The van der Waals surface area contributed by atoms with E-state index in [2.05, 4.69) is 56.8 Å². The molecule has 2 N–H and O–H groups in total. The molecule has 0 unspecified atom stereocenters. The number of carbonyl (C=O) groups excluding carboxylic acids is 2. The highest BCUT2D eigenvalue weighted by Gasteiger charge is 2.21. The van der Waals surface area contributed by atoms with E-state index < -0.39 is 11.8 Å². The average Bonchev–Trinajstić information content (AvgIpc) is 3.63. The molecule has 12 nitrogen and oxygen atoms in total.